The molecule has 0 unspecified atom stereocenters. The van der Waals surface area contributed by atoms with Gasteiger partial charge in [-0.05, 0) is 56.1 Å². The minimum atomic E-state index is -0.318. The molecule has 1 heterocycles. The van der Waals surface area contributed by atoms with Crippen LogP contribution in [0.2, 0.25) is 0 Å². The first kappa shape index (κ1) is 14.7. The molecule has 2 rings (SSSR count). The van der Waals surface area contributed by atoms with E-state index in [1.807, 2.05) is 0 Å². The van der Waals surface area contributed by atoms with Crippen LogP contribution in [0.4, 0.5) is 4.39 Å². The second-order valence-electron chi connectivity index (χ2n) is 5.33. The second kappa shape index (κ2) is 7.16. The molecule has 1 aliphatic rings. The van der Waals surface area contributed by atoms with Crippen LogP contribution in [0, 0.1) is 23.1 Å². The highest BCUT2D eigenvalue weighted by atomic mass is 19.1. The number of nitriles is 1. The van der Waals surface area contributed by atoms with Gasteiger partial charge in [-0.15, -0.1) is 0 Å². The number of carbonyl (C=O) groups is 1. The Kier molecular flexibility index (Phi) is 5.25. The Balaban J connectivity index is 1.75. The summed E-state index contributed by atoms with van der Waals surface area (Å²) in [7, 11) is 0. The van der Waals surface area contributed by atoms with Crippen molar-refractivity contribution < 1.29 is 9.18 Å². The zero-order valence-corrected chi connectivity index (χ0v) is 11.5. The van der Waals surface area contributed by atoms with Gasteiger partial charge in [-0.1, -0.05) is 0 Å². The largest absolute Gasteiger partial charge is 0.303 e. The maximum absolute atomic E-state index is 12.8. The number of carbonyl (C=O) groups excluding carboxylic acids is 1. The molecule has 0 amide bonds. The molecule has 4 heteroatoms. The van der Waals surface area contributed by atoms with Crippen molar-refractivity contribution in [2.24, 2.45) is 5.92 Å². The minimum Gasteiger partial charge on any atom is -0.303 e. The van der Waals surface area contributed by atoms with E-state index in [9.17, 15) is 9.18 Å². The fourth-order valence-electron chi connectivity index (χ4n) is 2.58. The lowest BCUT2D eigenvalue weighted by Crippen LogP contribution is -2.35. The first-order valence-corrected chi connectivity index (χ1v) is 7.07. The van der Waals surface area contributed by atoms with Crippen molar-refractivity contribution in [1.82, 2.24) is 4.90 Å². The van der Waals surface area contributed by atoms with Crippen molar-refractivity contribution >= 4 is 5.78 Å². The number of nitrogens with zero attached hydrogens (tertiary/aromatic N) is 2. The Morgan fingerprint density at radius 3 is 2.55 bits per heavy atom. The lowest BCUT2D eigenvalue weighted by molar-refractivity contribution is 0.0951. The highest BCUT2D eigenvalue weighted by molar-refractivity contribution is 5.96. The Morgan fingerprint density at radius 2 is 1.95 bits per heavy atom. The van der Waals surface area contributed by atoms with Crippen LogP contribution >= 0.6 is 0 Å². The number of rotatable bonds is 5. The molecule has 0 aliphatic carbocycles. The molecule has 0 spiro atoms. The highest BCUT2D eigenvalue weighted by Gasteiger charge is 2.19. The topological polar surface area (TPSA) is 44.1 Å². The Hall–Kier alpha value is -1.73. The summed E-state index contributed by atoms with van der Waals surface area (Å²) in [6, 6.07) is 7.94. The average molecular weight is 274 g/mol. The molecule has 0 aromatic heterocycles. The standard InChI is InChI=1S/C16H19FN2O/c17-15-3-1-14(2-4-15)16(20)8-12-19-10-6-13(5-9-18)7-11-19/h1-4,13H,5-8,10-12H2. The molecule has 0 N–H and O–H groups in total. The van der Waals surface area contributed by atoms with E-state index in [4.69, 9.17) is 5.26 Å². The van der Waals surface area contributed by atoms with Gasteiger partial charge in [0.25, 0.3) is 0 Å². The number of Topliss-reactive ketones (excluding diaryl/α,β-unsaturated/α-hetero) is 1. The normalized spacial score (nSPS) is 16.8. The van der Waals surface area contributed by atoms with Gasteiger partial charge >= 0.3 is 0 Å². The van der Waals surface area contributed by atoms with E-state index in [-0.39, 0.29) is 11.6 Å². The van der Waals surface area contributed by atoms with Gasteiger partial charge in [-0.2, -0.15) is 5.26 Å². The SMILES string of the molecule is N#CCC1CCN(CCC(=O)c2ccc(F)cc2)CC1. The first-order chi connectivity index (χ1) is 9.69. The maximum atomic E-state index is 12.8. The van der Waals surface area contributed by atoms with Crippen LogP contribution in [0.5, 0.6) is 0 Å². The van der Waals surface area contributed by atoms with Crippen LogP contribution in [0.25, 0.3) is 0 Å². The van der Waals surface area contributed by atoms with Crippen molar-refractivity contribution in [1.29, 1.82) is 5.26 Å². The van der Waals surface area contributed by atoms with E-state index in [0.29, 0.717) is 24.3 Å². The third-order valence-corrected chi connectivity index (χ3v) is 3.91. The van der Waals surface area contributed by atoms with Gasteiger partial charge in [-0.25, -0.2) is 4.39 Å². The smallest absolute Gasteiger partial charge is 0.164 e. The summed E-state index contributed by atoms with van der Waals surface area (Å²) in [5.41, 5.74) is 0.575. The van der Waals surface area contributed by atoms with Crippen LogP contribution < -0.4 is 0 Å². The molecule has 1 aromatic rings. The number of benzene rings is 1. The summed E-state index contributed by atoms with van der Waals surface area (Å²) in [5.74, 6) is 0.259. The maximum Gasteiger partial charge on any atom is 0.164 e. The lowest BCUT2D eigenvalue weighted by Gasteiger charge is -2.30. The molecule has 106 valence electrons. The third-order valence-electron chi connectivity index (χ3n) is 3.91. The zero-order chi connectivity index (χ0) is 14.4. The Labute approximate surface area is 119 Å². The fraction of sp³-hybridized carbons (Fsp3) is 0.500. The van der Waals surface area contributed by atoms with E-state index in [1.54, 1.807) is 0 Å². The number of halogens is 1. The molecule has 0 bridgehead atoms. The van der Waals surface area contributed by atoms with E-state index >= 15 is 0 Å². The Bertz CT molecular complexity index is 484. The fourth-order valence-corrected chi connectivity index (χ4v) is 2.58. The van der Waals surface area contributed by atoms with Gasteiger partial charge in [0.05, 0.1) is 6.07 Å². The van der Waals surface area contributed by atoms with Crippen LogP contribution in [-0.2, 0) is 0 Å². The summed E-state index contributed by atoms with van der Waals surface area (Å²) in [4.78, 5) is 14.2. The van der Waals surface area contributed by atoms with Gasteiger partial charge in [0.15, 0.2) is 5.78 Å². The number of hydrogen-bond acceptors (Lipinski definition) is 3. The number of ketones is 1. The number of piperidine rings is 1. The summed E-state index contributed by atoms with van der Waals surface area (Å²) >= 11 is 0. The summed E-state index contributed by atoms with van der Waals surface area (Å²) in [6.07, 6.45) is 3.19. The first-order valence-electron chi connectivity index (χ1n) is 7.07. The summed E-state index contributed by atoms with van der Waals surface area (Å²) in [5, 5.41) is 8.67. The third kappa shape index (κ3) is 4.14. The zero-order valence-electron chi connectivity index (χ0n) is 11.5. The Morgan fingerprint density at radius 1 is 1.30 bits per heavy atom. The van der Waals surface area contributed by atoms with Gasteiger partial charge in [0.2, 0.25) is 0 Å². The van der Waals surface area contributed by atoms with Crippen molar-refractivity contribution in [3.05, 3.63) is 35.6 Å². The number of hydrogen-bond donors (Lipinski definition) is 0. The van der Waals surface area contributed by atoms with E-state index in [2.05, 4.69) is 11.0 Å². The van der Waals surface area contributed by atoms with Crippen LogP contribution in [-0.4, -0.2) is 30.3 Å². The van der Waals surface area contributed by atoms with E-state index in [0.717, 1.165) is 32.5 Å². The van der Waals surface area contributed by atoms with Crippen molar-refractivity contribution in [2.75, 3.05) is 19.6 Å². The quantitative estimate of drug-likeness (QED) is 0.775. The lowest BCUT2D eigenvalue weighted by atomic mass is 9.94. The second-order valence-corrected chi connectivity index (χ2v) is 5.33. The molecular weight excluding hydrogens is 255 g/mol. The highest BCUT2D eigenvalue weighted by Crippen LogP contribution is 2.20. The molecule has 0 radical (unpaired) electrons. The van der Waals surface area contributed by atoms with Crippen molar-refractivity contribution in [3.63, 3.8) is 0 Å². The van der Waals surface area contributed by atoms with E-state index in [1.165, 1.54) is 24.3 Å². The van der Waals surface area contributed by atoms with Crippen LogP contribution in [0.3, 0.4) is 0 Å². The van der Waals surface area contributed by atoms with Gasteiger partial charge in [0.1, 0.15) is 5.82 Å². The van der Waals surface area contributed by atoms with Gasteiger partial charge in [-0.3, -0.25) is 4.79 Å². The monoisotopic (exact) mass is 274 g/mol. The minimum absolute atomic E-state index is 0.0594. The summed E-state index contributed by atoms with van der Waals surface area (Å²) < 4.78 is 12.8. The summed E-state index contributed by atoms with van der Waals surface area (Å²) in [6.45, 7) is 2.67. The molecule has 1 saturated heterocycles. The molecule has 3 nitrogen and oxygen atoms in total. The van der Waals surface area contributed by atoms with E-state index < -0.39 is 0 Å². The molecule has 0 saturated carbocycles. The van der Waals surface area contributed by atoms with Gasteiger partial charge < -0.3 is 4.90 Å². The molecule has 1 aliphatic heterocycles. The molecule has 20 heavy (non-hydrogen) atoms. The molecule has 1 aromatic carbocycles. The van der Waals surface area contributed by atoms with Crippen LogP contribution in [0.1, 0.15) is 36.0 Å². The molecular formula is C16H19FN2O. The molecule has 0 atom stereocenters. The van der Waals surface area contributed by atoms with Crippen molar-refractivity contribution in [2.45, 2.75) is 25.7 Å². The number of likely N-dealkylation sites (tertiary alicyclic amines) is 1. The van der Waals surface area contributed by atoms with Gasteiger partial charge in [0, 0.05) is 24.9 Å². The molecule has 1 fully saturated rings. The predicted octanol–water partition coefficient (Wildman–Crippen LogP) is 3.02. The predicted molar refractivity (Wildman–Crippen MR) is 74.7 cm³/mol. The average Bonchev–Trinajstić information content (AvgIpc) is 2.47. The van der Waals surface area contributed by atoms with Crippen molar-refractivity contribution in [3.8, 4) is 6.07 Å². The van der Waals surface area contributed by atoms with Crippen LogP contribution in [0.15, 0.2) is 24.3 Å².